The largest absolute Gasteiger partial charge is 0.497 e. The van der Waals surface area contributed by atoms with Gasteiger partial charge in [0.05, 0.1) is 7.11 Å². The summed E-state index contributed by atoms with van der Waals surface area (Å²) in [5.74, 6) is 0.659. The summed E-state index contributed by atoms with van der Waals surface area (Å²) in [7, 11) is 1.62. The first-order chi connectivity index (χ1) is 12.5. The standard InChI is InChI=1S/C22H24N2O2/c1-15-6-5-7-18(12-15)14-24-17(3)13-16(2)21(24)22(25)23-19-8-10-20(26-4)11-9-19/h5-13H,14H2,1-4H3,(H,23,25). The number of aryl methyl sites for hydroxylation is 3. The lowest BCUT2D eigenvalue weighted by atomic mass is 10.1. The molecule has 1 N–H and O–H groups in total. The zero-order chi connectivity index (χ0) is 18.7. The summed E-state index contributed by atoms with van der Waals surface area (Å²) in [5.41, 5.74) is 5.89. The molecule has 4 nitrogen and oxygen atoms in total. The minimum Gasteiger partial charge on any atom is -0.497 e. The van der Waals surface area contributed by atoms with Crippen molar-refractivity contribution in [1.29, 1.82) is 0 Å². The van der Waals surface area contributed by atoms with E-state index in [9.17, 15) is 4.79 Å². The van der Waals surface area contributed by atoms with E-state index in [-0.39, 0.29) is 5.91 Å². The van der Waals surface area contributed by atoms with E-state index < -0.39 is 0 Å². The van der Waals surface area contributed by atoms with Gasteiger partial charge in [0.1, 0.15) is 11.4 Å². The second-order valence-electron chi connectivity index (χ2n) is 6.58. The Labute approximate surface area is 154 Å². The molecular weight excluding hydrogens is 324 g/mol. The molecule has 1 heterocycles. The molecule has 1 aromatic heterocycles. The van der Waals surface area contributed by atoms with Gasteiger partial charge >= 0.3 is 0 Å². The van der Waals surface area contributed by atoms with Crippen LogP contribution in [0.2, 0.25) is 0 Å². The van der Waals surface area contributed by atoms with E-state index in [0.717, 1.165) is 22.7 Å². The predicted molar refractivity (Wildman–Crippen MR) is 105 cm³/mol. The van der Waals surface area contributed by atoms with Crippen LogP contribution in [-0.2, 0) is 6.54 Å². The van der Waals surface area contributed by atoms with Gasteiger partial charge in [-0.1, -0.05) is 29.8 Å². The minimum absolute atomic E-state index is 0.103. The van der Waals surface area contributed by atoms with Crippen molar-refractivity contribution in [2.24, 2.45) is 0 Å². The van der Waals surface area contributed by atoms with Crippen LogP contribution in [0.4, 0.5) is 5.69 Å². The monoisotopic (exact) mass is 348 g/mol. The average Bonchev–Trinajstić information content (AvgIpc) is 2.89. The minimum atomic E-state index is -0.103. The first kappa shape index (κ1) is 17.8. The molecule has 0 fully saturated rings. The Morgan fingerprint density at radius 3 is 2.42 bits per heavy atom. The highest BCUT2D eigenvalue weighted by atomic mass is 16.5. The van der Waals surface area contributed by atoms with Crippen LogP contribution in [0.25, 0.3) is 0 Å². The smallest absolute Gasteiger partial charge is 0.272 e. The quantitative estimate of drug-likeness (QED) is 0.725. The second-order valence-corrected chi connectivity index (χ2v) is 6.58. The van der Waals surface area contributed by atoms with Crippen molar-refractivity contribution in [3.63, 3.8) is 0 Å². The third-order valence-corrected chi connectivity index (χ3v) is 4.48. The predicted octanol–water partition coefficient (Wildman–Crippen LogP) is 4.72. The molecule has 0 saturated heterocycles. The van der Waals surface area contributed by atoms with Crippen molar-refractivity contribution < 1.29 is 9.53 Å². The number of carbonyl (C=O) groups is 1. The maximum atomic E-state index is 12.9. The second kappa shape index (κ2) is 7.48. The molecule has 0 saturated carbocycles. The molecule has 0 spiro atoms. The molecule has 0 aliphatic rings. The van der Waals surface area contributed by atoms with Gasteiger partial charge in [-0.05, 0) is 62.2 Å². The van der Waals surface area contributed by atoms with Crippen LogP contribution >= 0.6 is 0 Å². The first-order valence-corrected chi connectivity index (χ1v) is 8.65. The third-order valence-electron chi connectivity index (χ3n) is 4.48. The summed E-state index contributed by atoms with van der Waals surface area (Å²) in [6.07, 6.45) is 0. The van der Waals surface area contributed by atoms with Crippen molar-refractivity contribution >= 4 is 11.6 Å². The number of benzene rings is 2. The maximum Gasteiger partial charge on any atom is 0.272 e. The lowest BCUT2D eigenvalue weighted by molar-refractivity contribution is 0.101. The van der Waals surface area contributed by atoms with Gasteiger partial charge in [-0.15, -0.1) is 0 Å². The Hall–Kier alpha value is -3.01. The van der Waals surface area contributed by atoms with Crippen LogP contribution in [0.5, 0.6) is 5.75 Å². The van der Waals surface area contributed by atoms with Crippen molar-refractivity contribution in [3.05, 3.63) is 82.7 Å². The molecule has 0 aliphatic carbocycles. The number of hydrogen-bond acceptors (Lipinski definition) is 2. The van der Waals surface area contributed by atoms with Gasteiger partial charge in [0.15, 0.2) is 0 Å². The average molecular weight is 348 g/mol. The molecule has 1 amide bonds. The van der Waals surface area contributed by atoms with Crippen LogP contribution in [0.1, 0.15) is 32.9 Å². The fourth-order valence-corrected chi connectivity index (χ4v) is 3.21. The van der Waals surface area contributed by atoms with Crippen LogP contribution < -0.4 is 10.1 Å². The summed E-state index contributed by atoms with van der Waals surface area (Å²) in [5, 5.41) is 2.99. The molecule has 0 atom stereocenters. The van der Waals surface area contributed by atoms with E-state index in [1.807, 2.05) is 44.2 Å². The van der Waals surface area contributed by atoms with E-state index >= 15 is 0 Å². The number of carbonyl (C=O) groups excluding carboxylic acids is 1. The molecular formula is C22H24N2O2. The number of amides is 1. The van der Waals surface area contributed by atoms with E-state index in [1.165, 1.54) is 11.1 Å². The molecule has 0 radical (unpaired) electrons. The fraction of sp³-hybridized carbons (Fsp3) is 0.227. The van der Waals surface area contributed by atoms with Crippen LogP contribution in [-0.4, -0.2) is 17.6 Å². The zero-order valence-corrected chi connectivity index (χ0v) is 15.7. The Kier molecular flexibility index (Phi) is 5.12. The van der Waals surface area contributed by atoms with E-state index in [2.05, 4.69) is 41.1 Å². The molecule has 0 unspecified atom stereocenters. The number of rotatable bonds is 5. The summed E-state index contributed by atoms with van der Waals surface area (Å²) in [4.78, 5) is 12.9. The highest BCUT2D eigenvalue weighted by Gasteiger charge is 2.18. The lowest BCUT2D eigenvalue weighted by Gasteiger charge is -2.13. The fourth-order valence-electron chi connectivity index (χ4n) is 3.21. The van der Waals surface area contributed by atoms with Gasteiger partial charge in [0.25, 0.3) is 5.91 Å². The number of anilines is 1. The molecule has 26 heavy (non-hydrogen) atoms. The molecule has 4 heteroatoms. The molecule has 2 aromatic carbocycles. The van der Waals surface area contributed by atoms with Gasteiger partial charge in [-0.2, -0.15) is 0 Å². The topological polar surface area (TPSA) is 43.3 Å². The summed E-state index contributed by atoms with van der Waals surface area (Å²) < 4.78 is 7.23. The summed E-state index contributed by atoms with van der Waals surface area (Å²) >= 11 is 0. The zero-order valence-electron chi connectivity index (χ0n) is 15.7. The number of aromatic nitrogens is 1. The summed E-state index contributed by atoms with van der Waals surface area (Å²) in [6, 6.07) is 17.8. The molecule has 0 aliphatic heterocycles. The van der Waals surface area contributed by atoms with Crippen molar-refractivity contribution in [3.8, 4) is 5.75 Å². The van der Waals surface area contributed by atoms with Gasteiger partial charge in [-0.3, -0.25) is 4.79 Å². The van der Waals surface area contributed by atoms with Crippen molar-refractivity contribution in [2.45, 2.75) is 27.3 Å². The van der Waals surface area contributed by atoms with Gasteiger partial charge < -0.3 is 14.6 Å². The highest BCUT2D eigenvalue weighted by molar-refractivity contribution is 6.04. The van der Waals surface area contributed by atoms with Crippen LogP contribution in [0.3, 0.4) is 0 Å². The highest BCUT2D eigenvalue weighted by Crippen LogP contribution is 2.21. The van der Waals surface area contributed by atoms with Crippen molar-refractivity contribution in [2.75, 3.05) is 12.4 Å². The van der Waals surface area contributed by atoms with Crippen molar-refractivity contribution in [1.82, 2.24) is 4.57 Å². The SMILES string of the molecule is COc1ccc(NC(=O)c2c(C)cc(C)n2Cc2cccc(C)c2)cc1. The van der Waals surface area contributed by atoms with E-state index in [4.69, 9.17) is 4.74 Å². The summed E-state index contributed by atoms with van der Waals surface area (Å²) in [6.45, 7) is 6.76. The Morgan fingerprint density at radius 1 is 1.04 bits per heavy atom. The van der Waals surface area contributed by atoms with Crippen LogP contribution in [0.15, 0.2) is 54.6 Å². The first-order valence-electron chi connectivity index (χ1n) is 8.65. The van der Waals surface area contributed by atoms with E-state index in [1.54, 1.807) is 7.11 Å². The van der Waals surface area contributed by atoms with Gasteiger partial charge in [0, 0.05) is 17.9 Å². The van der Waals surface area contributed by atoms with Crippen LogP contribution in [0, 0.1) is 20.8 Å². The maximum absolute atomic E-state index is 12.9. The number of nitrogens with one attached hydrogen (secondary N) is 1. The Bertz CT molecular complexity index is 924. The molecule has 134 valence electrons. The number of ether oxygens (including phenoxy) is 1. The Balaban J connectivity index is 1.87. The number of hydrogen-bond donors (Lipinski definition) is 1. The van der Waals surface area contributed by atoms with E-state index in [0.29, 0.717) is 12.2 Å². The van der Waals surface area contributed by atoms with Gasteiger partial charge in [-0.25, -0.2) is 0 Å². The van der Waals surface area contributed by atoms with Gasteiger partial charge in [0.2, 0.25) is 0 Å². The number of methoxy groups -OCH3 is 1. The molecule has 3 rings (SSSR count). The molecule has 0 bridgehead atoms. The third kappa shape index (κ3) is 3.80. The lowest BCUT2D eigenvalue weighted by Crippen LogP contribution is -2.19. The normalized spacial score (nSPS) is 10.6. The number of nitrogens with zero attached hydrogens (tertiary/aromatic N) is 1. The Morgan fingerprint density at radius 2 is 1.77 bits per heavy atom. The molecule has 3 aromatic rings.